The molecule has 1 N–H and O–H groups in total. The number of hydrogen-bond donors (Lipinski definition) is 1. The van der Waals surface area contributed by atoms with Crippen LogP contribution in [0.4, 0.5) is 5.69 Å². The van der Waals surface area contributed by atoms with Gasteiger partial charge in [-0.2, -0.15) is 5.10 Å². The highest BCUT2D eigenvalue weighted by atomic mass is 16.1. The molecule has 5 nitrogen and oxygen atoms in total. The van der Waals surface area contributed by atoms with Crippen LogP contribution in [0.5, 0.6) is 0 Å². The van der Waals surface area contributed by atoms with Crippen LogP contribution >= 0.6 is 0 Å². The van der Waals surface area contributed by atoms with Crippen LogP contribution in [0.15, 0.2) is 79.1 Å². The molecule has 2 heterocycles. The monoisotopic (exact) mass is 314 g/mol. The number of imidazole rings is 1. The zero-order valence-electron chi connectivity index (χ0n) is 12.8. The molecule has 5 heteroatoms. The predicted molar refractivity (Wildman–Crippen MR) is 92.8 cm³/mol. The summed E-state index contributed by atoms with van der Waals surface area (Å²) in [5.41, 5.74) is 4.01. The molecule has 0 fully saturated rings. The summed E-state index contributed by atoms with van der Waals surface area (Å²) in [7, 11) is 0. The molecule has 0 aliphatic rings. The third-order valence-corrected chi connectivity index (χ3v) is 3.75. The number of anilines is 1. The number of amides is 1. The Morgan fingerprint density at radius 2 is 1.71 bits per heavy atom. The van der Waals surface area contributed by atoms with E-state index in [-0.39, 0.29) is 5.91 Å². The SMILES string of the molecule is O=C(Nc1ccccc1)c1ccc(-c2cnc3cccnn23)cc1. The van der Waals surface area contributed by atoms with E-state index < -0.39 is 0 Å². The van der Waals surface area contributed by atoms with Gasteiger partial charge in [-0.05, 0) is 36.4 Å². The Labute approximate surface area is 138 Å². The van der Waals surface area contributed by atoms with Gasteiger partial charge in [-0.3, -0.25) is 4.79 Å². The highest BCUT2D eigenvalue weighted by molar-refractivity contribution is 6.04. The fourth-order valence-corrected chi connectivity index (χ4v) is 2.54. The fraction of sp³-hybridized carbons (Fsp3) is 0. The molecule has 24 heavy (non-hydrogen) atoms. The molecule has 0 saturated carbocycles. The lowest BCUT2D eigenvalue weighted by Gasteiger charge is -2.06. The van der Waals surface area contributed by atoms with Crippen LogP contribution in [0, 0.1) is 0 Å². The number of para-hydroxylation sites is 1. The molecule has 2 aromatic heterocycles. The number of hydrogen-bond acceptors (Lipinski definition) is 3. The average Bonchev–Trinajstić information content (AvgIpc) is 3.07. The summed E-state index contributed by atoms with van der Waals surface area (Å²) in [6.45, 7) is 0. The van der Waals surface area contributed by atoms with E-state index in [9.17, 15) is 4.79 Å². The van der Waals surface area contributed by atoms with Gasteiger partial charge in [0, 0.05) is 23.0 Å². The van der Waals surface area contributed by atoms with Crippen molar-refractivity contribution in [2.24, 2.45) is 0 Å². The van der Waals surface area contributed by atoms with Gasteiger partial charge in [-0.1, -0.05) is 30.3 Å². The van der Waals surface area contributed by atoms with Gasteiger partial charge in [0.1, 0.15) is 0 Å². The summed E-state index contributed by atoms with van der Waals surface area (Å²) in [5.74, 6) is -0.135. The summed E-state index contributed by atoms with van der Waals surface area (Å²) >= 11 is 0. The molecule has 0 radical (unpaired) electrons. The van der Waals surface area contributed by atoms with Crippen LogP contribution in [-0.2, 0) is 0 Å². The van der Waals surface area contributed by atoms with E-state index in [1.54, 1.807) is 29.0 Å². The molecule has 0 bridgehead atoms. The first-order valence-corrected chi connectivity index (χ1v) is 7.57. The Hall–Kier alpha value is -3.47. The highest BCUT2D eigenvalue weighted by Gasteiger charge is 2.09. The van der Waals surface area contributed by atoms with Crippen molar-refractivity contribution in [3.63, 3.8) is 0 Å². The maximum atomic E-state index is 12.3. The molecular weight excluding hydrogens is 300 g/mol. The lowest BCUT2D eigenvalue weighted by atomic mass is 10.1. The van der Waals surface area contributed by atoms with Gasteiger partial charge in [0.2, 0.25) is 0 Å². The van der Waals surface area contributed by atoms with Crippen LogP contribution < -0.4 is 5.32 Å². The Balaban J connectivity index is 1.60. The van der Waals surface area contributed by atoms with E-state index in [2.05, 4.69) is 15.4 Å². The molecule has 0 aliphatic carbocycles. The van der Waals surface area contributed by atoms with Gasteiger partial charge < -0.3 is 5.32 Å². The molecule has 116 valence electrons. The zero-order valence-corrected chi connectivity index (χ0v) is 12.8. The van der Waals surface area contributed by atoms with Crippen molar-refractivity contribution in [2.45, 2.75) is 0 Å². The van der Waals surface area contributed by atoms with E-state index >= 15 is 0 Å². The largest absolute Gasteiger partial charge is 0.322 e. The Morgan fingerprint density at radius 3 is 2.50 bits per heavy atom. The maximum absolute atomic E-state index is 12.3. The smallest absolute Gasteiger partial charge is 0.255 e. The van der Waals surface area contributed by atoms with Gasteiger partial charge in [-0.15, -0.1) is 0 Å². The summed E-state index contributed by atoms with van der Waals surface area (Å²) in [4.78, 5) is 16.6. The number of rotatable bonds is 3. The molecule has 0 atom stereocenters. The van der Waals surface area contributed by atoms with Crippen LogP contribution in [0.2, 0.25) is 0 Å². The van der Waals surface area contributed by atoms with Crippen molar-refractivity contribution < 1.29 is 4.79 Å². The summed E-state index contributed by atoms with van der Waals surface area (Å²) in [5, 5.41) is 7.18. The number of fused-ring (bicyclic) bond motifs is 1. The normalized spacial score (nSPS) is 10.7. The molecule has 0 aliphatic heterocycles. The molecule has 0 saturated heterocycles. The average molecular weight is 314 g/mol. The van der Waals surface area contributed by atoms with E-state index in [4.69, 9.17) is 0 Å². The molecular formula is C19H14N4O. The van der Waals surface area contributed by atoms with Gasteiger partial charge in [0.25, 0.3) is 5.91 Å². The minimum Gasteiger partial charge on any atom is -0.322 e. The second-order valence-corrected chi connectivity index (χ2v) is 5.33. The van der Waals surface area contributed by atoms with Crippen molar-refractivity contribution in [2.75, 3.05) is 5.32 Å². The minimum absolute atomic E-state index is 0.135. The van der Waals surface area contributed by atoms with Crippen molar-refractivity contribution in [3.05, 3.63) is 84.7 Å². The molecule has 4 rings (SSSR count). The third kappa shape index (κ3) is 2.63. The topological polar surface area (TPSA) is 59.3 Å². The summed E-state index contributed by atoms with van der Waals surface area (Å²) in [6, 6.07) is 20.6. The molecule has 1 amide bonds. The third-order valence-electron chi connectivity index (χ3n) is 3.75. The lowest BCUT2D eigenvalue weighted by Crippen LogP contribution is -2.11. The van der Waals surface area contributed by atoms with E-state index in [1.165, 1.54) is 0 Å². The van der Waals surface area contributed by atoms with Gasteiger partial charge in [0.05, 0.1) is 11.9 Å². The predicted octanol–water partition coefficient (Wildman–Crippen LogP) is 3.65. The number of carbonyl (C=O) groups excluding carboxylic acids is 1. The van der Waals surface area contributed by atoms with E-state index in [1.807, 2.05) is 54.6 Å². The summed E-state index contributed by atoms with van der Waals surface area (Å²) < 4.78 is 1.78. The highest BCUT2D eigenvalue weighted by Crippen LogP contribution is 2.20. The van der Waals surface area contributed by atoms with Crippen molar-refractivity contribution in [1.29, 1.82) is 0 Å². The Morgan fingerprint density at radius 1 is 0.917 bits per heavy atom. The first-order chi connectivity index (χ1) is 11.8. The molecule has 0 unspecified atom stereocenters. The van der Waals surface area contributed by atoms with E-state index in [0.29, 0.717) is 5.56 Å². The fourth-order valence-electron chi connectivity index (χ4n) is 2.54. The number of nitrogens with zero attached hydrogens (tertiary/aromatic N) is 3. The van der Waals surface area contributed by atoms with Crippen molar-refractivity contribution >= 4 is 17.2 Å². The zero-order chi connectivity index (χ0) is 16.4. The standard InChI is InChI=1S/C19H14N4O/c24-19(22-16-5-2-1-3-6-16)15-10-8-14(9-11-15)17-13-20-18-7-4-12-21-23(17)18/h1-13H,(H,22,24). The van der Waals surface area contributed by atoms with Gasteiger partial charge >= 0.3 is 0 Å². The first kappa shape index (κ1) is 14.1. The van der Waals surface area contributed by atoms with Crippen LogP contribution in [0.25, 0.3) is 16.9 Å². The lowest BCUT2D eigenvalue weighted by molar-refractivity contribution is 0.102. The van der Waals surface area contributed by atoms with Crippen LogP contribution in [0.3, 0.4) is 0 Å². The first-order valence-electron chi connectivity index (χ1n) is 7.57. The second-order valence-electron chi connectivity index (χ2n) is 5.33. The Bertz CT molecular complexity index is 991. The van der Waals surface area contributed by atoms with E-state index in [0.717, 1.165) is 22.6 Å². The maximum Gasteiger partial charge on any atom is 0.255 e. The Kier molecular flexibility index (Phi) is 3.51. The van der Waals surface area contributed by atoms with Crippen molar-refractivity contribution in [3.8, 4) is 11.3 Å². The molecule has 2 aromatic carbocycles. The second kappa shape index (κ2) is 5.96. The van der Waals surface area contributed by atoms with Crippen LogP contribution in [0.1, 0.15) is 10.4 Å². The van der Waals surface area contributed by atoms with Crippen LogP contribution in [-0.4, -0.2) is 20.5 Å². The molecule has 0 spiro atoms. The van der Waals surface area contributed by atoms with Crippen molar-refractivity contribution in [1.82, 2.24) is 14.6 Å². The summed E-state index contributed by atoms with van der Waals surface area (Å²) in [6.07, 6.45) is 3.50. The quantitative estimate of drug-likeness (QED) is 0.628. The minimum atomic E-state index is -0.135. The van der Waals surface area contributed by atoms with Gasteiger partial charge in [0.15, 0.2) is 5.65 Å². The molecule has 4 aromatic rings. The number of benzene rings is 2. The number of nitrogens with one attached hydrogen (secondary N) is 1. The number of aromatic nitrogens is 3. The van der Waals surface area contributed by atoms with Gasteiger partial charge in [-0.25, -0.2) is 9.50 Å². The number of carbonyl (C=O) groups is 1.